The summed E-state index contributed by atoms with van der Waals surface area (Å²) in [5.74, 6) is 2.39. The lowest BCUT2D eigenvalue weighted by Crippen LogP contribution is -2.41. The van der Waals surface area contributed by atoms with E-state index in [1.54, 1.807) is 12.1 Å². The maximum atomic E-state index is 13.0. The first kappa shape index (κ1) is 29.0. The van der Waals surface area contributed by atoms with Gasteiger partial charge < -0.3 is 19.7 Å². The molecule has 1 N–H and O–H groups in total. The first-order valence-corrected chi connectivity index (χ1v) is 13.5. The van der Waals surface area contributed by atoms with Crippen molar-refractivity contribution in [1.82, 2.24) is 10.2 Å². The predicted octanol–water partition coefficient (Wildman–Crippen LogP) is 6.61. The van der Waals surface area contributed by atoms with Gasteiger partial charge in [-0.1, -0.05) is 0 Å². The lowest BCUT2D eigenvalue weighted by Gasteiger charge is -2.34. The summed E-state index contributed by atoms with van der Waals surface area (Å²) in [6, 6.07) is 6.55. The molecule has 1 aromatic rings. The summed E-state index contributed by atoms with van der Waals surface area (Å²) in [4.78, 5) is 14.5. The molecule has 0 unspecified atom stereocenters. The Balaban J connectivity index is 0.000000945. The number of likely N-dealkylation sites (tertiary alicyclic amines) is 1. The Morgan fingerprint density at radius 3 is 2.15 bits per heavy atom. The number of halogens is 3. The third-order valence-corrected chi connectivity index (χ3v) is 6.72. The molecule has 1 amide bonds. The highest BCUT2D eigenvalue weighted by Gasteiger charge is 2.26. The van der Waals surface area contributed by atoms with Gasteiger partial charge in [-0.05, 0) is 102 Å². The van der Waals surface area contributed by atoms with E-state index in [2.05, 4.69) is 10.2 Å². The summed E-state index contributed by atoms with van der Waals surface area (Å²) >= 11 is 10.1. The number of alkyl halides is 2. The molecule has 0 radical (unpaired) electrons. The molecule has 34 heavy (non-hydrogen) atoms. The van der Waals surface area contributed by atoms with E-state index in [0.29, 0.717) is 11.8 Å². The van der Waals surface area contributed by atoms with Crippen molar-refractivity contribution in [2.75, 3.05) is 31.4 Å². The van der Waals surface area contributed by atoms with Crippen molar-refractivity contribution in [3.8, 4) is 5.75 Å². The largest absolute Gasteiger partial charge is 0.490 e. The SMILES string of the molecule is CC(C)(C)OC(=O)NC1CCC(CCN2CCC(Oc3ccc(F)cc3)CC2)CC1.ClCCCl. The third-order valence-electron chi connectivity index (χ3n) is 6.14. The van der Waals surface area contributed by atoms with Gasteiger partial charge in [0.05, 0.1) is 0 Å². The van der Waals surface area contributed by atoms with Crippen molar-refractivity contribution in [1.29, 1.82) is 0 Å². The van der Waals surface area contributed by atoms with Crippen molar-refractivity contribution in [2.24, 2.45) is 5.92 Å². The number of piperidine rings is 1. The number of hydrogen-bond acceptors (Lipinski definition) is 4. The van der Waals surface area contributed by atoms with Gasteiger partial charge in [0.25, 0.3) is 0 Å². The van der Waals surface area contributed by atoms with E-state index in [1.807, 2.05) is 20.8 Å². The van der Waals surface area contributed by atoms with Gasteiger partial charge in [-0.25, -0.2) is 9.18 Å². The van der Waals surface area contributed by atoms with Gasteiger partial charge in [0, 0.05) is 30.9 Å². The first-order chi connectivity index (χ1) is 16.2. The molecule has 1 aliphatic carbocycles. The number of benzene rings is 1. The smallest absolute Gasteiger partial charge is 0.407 e. The van der Waals surface area contributed by atoms with E-state index in [0.717, 1.165) is 57.0 Å². The summed E-state index contributed by atoms with van der Waals surface area (Å²) < 4.78 is 24.4. The summed E-state index contributed by atoms with van der Waals surface area (Å²) in [6.07, 6.45) is 7.61. The van der Waals surface area contributed by atoms with Gasteiger partial charge in [-0.15, -0.1) is 23.2 Å². The summed E-state index contributed by atoms with van der Waals surface area (Å²) in [7, 11) is 0. The van der Waals surface area contributed by atoms with Gasteiger partial charge in [-0.3, -0.25) is 0 Å². The Kier molecular flexibility index (Phi) is 12.8. The van der Waals surface area contributed by atoms with E-state index in [4.69, 9.17) is 32.7 Å². The minimum Gasteiger partial charge on any atom is -0.490 e. The molecule has 8 heteroatoms. The van der Waals surface area contributed by atoms with Crippen LogP contribution in [0.1, 0.15) is 65.7 Å². The van der Waals surface area contributed by atoms with Crippen LogP contribution in [0.2, 0.25) is 0 Å². The Bertz CT molecular complexity index is 697. The number of nitrogens with one attached hydrogen (secondary N) is 1. The fourth-order valence-electron chi connectivity index (χ4n) is 4.39. The lowest BCUT2D eigenvalue weighted by molar-refractivity contribution is 0.0484. The van der Waals surface area contributed by atoms with E-state index >= 15 is 0 Å². The van der Waals surface area contributed by atoms with E-state index in [9.17, 15) is 9.18 Å². The minimum atomic E-state index is -0.446. The van der Waals surface area contributed by atoms with Crippen molar-refractivity contribution in [2.45, 2.75) is 83.5 Å². The minimum absolute atomic E-state index is 0.223. The van der Waals surface area contributed by atoms with Crippen LogP contribution in [-0.4, -0.2) is 60.1 Å². The zero-order chi connectivity index (χ0) is 25.0. The molecular formula is C26H41Cl2FN2O3. The molecule has 1 aliphatic heterocycles. The molecule has 1 saturated heterocycles. The number of carbonyl (C=O) groups is 1. The molecule has 5 nitrogen and oxygen atoms in total. The zero-order valence-electron chi connectivity index (χ0n) is 20.8. The zero-order valence-corrected chi connectivity index (χ0v) is 22.3. The van der Waals surface area contributed by atoms with E-state index in [-0.39, 0.29) is 24.1 Å². The number of ether oxygens (including phenoxy) is 2. The van der Waals surface area contributed by atoms with Crippen LogP contribution in [0.5, 0.6) is 5.75 Å². The Morgan fingerprint density at radius 1 is 1.03 bits per heavy atom. The van der Waals surface area contributed by atoms with Crippen LogP contribution in [0.15, 0.2) is 24.3 Å². The number of amides is 1. The second-order valence-electron chi connectivity index (χ2n) is 10.1. The van der Waals surface area contributed by atoms with Crippen LogP contribution in [0.4, 0.5) is 9.18 Å². The van der Waals surface area contributed by atoms with E-state index < -0.39 is 5.60 Å². The second-order valence-corrected chi connectivity index (χ2v) is 10.9. The van der Waals surface area contributed by atoms with Crippen molar-refractivity contribution >= 4 is 29.3 Å². The Labute approximate surface area is 214 Å². The number of alkyl carbamates (subject to hydrolysis) is 1. The van der Waals surface area contributed by atoms with Crippen LogP contribution in [0, 0.1) is 11.7 Å². The molecule has 1 heterocycles. The Hall–Kier alpha value is -1.24. The van der Waals surface area contributed by atoms with Gasteiger partial charge in [-0.2, -0.15) is 0 Å². The summed E-state index contributed by atoms with van der Waals surface area (Å²) in [5.41, 5.74) is -0.446. The maximum Gasteiger partial charge on any atom is 0.407 e. The highest BCUT2D eigenvalue weighted by molar-refractivity contribution is 6.25. The standard InChI is InChI=1S/C24H37FN2O3.C2H4Cl2/c1-24(2,3)30-23(28)26-20-8-4-18(5-9-20)12-15-27-16-13-22(14-17-27)29-21-10-6-19(25)7-11-21;3-1-2-4/h6-7,10-11,18,20,22H,4-5,8-9,12-17H2,1-3H3,(H,26,28);1-2H2. The summed E-state index contributed by atoms with van der Waals surface area (Å²) in [6.45, 7) is 8.92. The fraction of sp³-hybridized carbons (Fsp3) is 0.731. The molecule has 0 atom stereocenters. The maximum absolute atomic E-state index is 13.0. The highest BCUT2D eigenvalue weighted by Crippen LogP contribution is 2.28. The molecule has 2 fully saturated rings. The van der Waals surface area contributed by atoms with Crippen LogP contribution in [0.3, 0.4) is 0 Å². The Morgan fingerprint density at radius 2 is 1.62 bits per heavy atom. The number of carbonyl (C=O) groups excluding carboxylic acids is 1. The van der Waals surface area contributed by atoms with Crippen molar-refractivity contribution < 1.29 is 18.7 Å². The monoisotopic (exact) mass is 518 g/mol. The molecular weight excluding hydrogens is 478 g/mol. The molecule has 194 valence electrons. The quantitative estimate of drug-likeness (QED) is 0.412. The number of hydrogen-bond donors (Lipinski definition) is 1. The van der Waals surface area contributed by atoms with Crippen molar-refractivity contribution in [3.63, 3.8) is 0 Å². The third kappa shape index (κ3) is 11.9. The van der Waals surface area contributed by atoms with E-state index in [1.165, 1.54) is 31.4 Å². The fourth-order valence-corrected chi connectivity index (χ4v) is 4.39. The van der Waals surface area contributed by atoms with Crippen LogP contribution < -0.4 is 10.1 Å². The summed E-state index contributed by atoms with van der Waals surface area (Å²) in [5, 5.41) is 3.02. The first-order valence-electron chi connectivity index (χ1n) is 12.4. The van der Waals surface area contributed by atoms with Crippen LogP contribution in [-0.2, 0) is 4.74 Å². The number of nitrogens with zero attached hydrogens (tertiary/aromatic N) is 1. The number of rotatable bonds is 7. The van der Waals surface area contributed by atoms with Crippen LogP contribution in [0.25, 0.3) is 0 Å². The topological polar surface area (TPSA) is 50.8 Å². The molecule has 0 aromatic heterocycles. The van der Waals surface area contributed by atoms with Crippen molar-refractivity contribution in [3.05, 3.63) is 30.1 Å². The van der Waals surface area contributed by atoms with Gasteiger partial charge in [0.1, 0.15) is 23.3 Å². The molecule has 2 aliphatic rings. The molecule has 1 saturated carbocycles. The molecule has 0 bridgehead atoms. The average Bonchev–Trinajstić information content (AvgIpc) is 2.80. The molecule has 0 spiro atoms. The second kappa shape index (κ2) is 15.0. The normalized spacial score (nSPS) is 21.8. The van der Waals surface area contributed by atoms with Gasteiger partial charge in [0.15, 0.2) is 0 Å². The molecule has 3 rings (SSSR count). The molecule has 1 aromatic carbocycles. The highest BCUT2D eigenvalue weighted by atomic mass is 35.5. The van der Waals surface area contributed by atoms with Gasteiger partial charge in [0.2, 0.25) is 0 Å². The predicted molar refractivity (Wildman–Crippen MR) is 138 cm³/mol. The lowest BCUT2D eigenvalue weighted by atomic mass is 9.84. The van der Waals surface area contributed by atoms with Gasteiger partial charge >= 0.3 is 6.09 Å². The average molecular weight is 520 g/mol. The van der Waals surface area contributed by atoms with Crippen LogP contribution >= 0.6 is 23.2 Å².